The Morgan fingerprint density at radius 3 is 2.35 bits per heavy atom. The van der Waals surface area contributed by atoms with E-state index in [1.807, 2.05) is 0 Å². The van der Waals surface area contributed by atoms with Crippen LogP contribution in [0.5, 0.6) is 0 Å². The molecule has 3 nitrogen and oxygen atoms in total. The number of hydrogen-bond donors (Lipinski definition) is 2. The fourth-order valence-corrected chi connectivity index (χ4v) is 1.51. The van der Waals surface area contributed by atoms with Crippen molar-refractivity contribution in [1.82, 2.24) is 5.32 Å². The van der Waals surface area contributed by atoms with Gasteiger partial charge < -0.3 is 11.1 Å². The molecule has 0 fully saturated rings. The number of carbonyl (C=O) groups is 1. The summed E-state index contributed by atoms with van der Waals surface area (Å²) in [5.74, 6) is 0.0349. The lowest BCUT2D eigenvalue weighted by atomic mass is 10.1. The predicted molar refractivity (Wildman–Crippen MR) is 73.5 cm³/mol. The Morgan fingerprint density at radius 2 is 1.82 bits per heavy atom. The highest BCUT2D eigenvalue weighted by atomic mass is 35.5. The van der Waals surface area contributed by atoms with E-state index >= 15 is 0 Å². The number of hydrogen-bond acceptors (Lipinski definition) is 2. The van der Waals surface area contributed by atoms with Gasteiger partial charge in [-0.15, -0.1) is 12.4 Å². The van der Waals surface area contributed by atoms with Gasteiger partial charge in [0, 0.05) is 19.5 Å². The van der Waals surface area contributed by atoms with Crippen molar-refractivity contribution < 1.29 is 4.79 Å². The van der Waals surface area contributed by atoms with Crippen molar-refractivity contribution in [3.8, 4) is 0 Å². The number of rotatable bonds is 6. The van der Waals surface area contributed by atoms with Gasteiger partial charge in [-0.1, -0.05) is 31.2 Å². The second-order valence-corrected chi connectivity index (χ2v) is 3.81. The molecule has 0 saturated heterocycles. The zero-order chi connectivity index (χ0) is 11.8. The Bertz CT molecular complexity index is 325. The topological polar surface area (TPSA) is 55.1 Å². The number of nitrogens with one attached hydrogen (secondary N) is 1. The van der Waals surface area contributed by atoms with Gasteiger partial charge in [0.2, 0.25) is 5.91 Å². The standard InChI is InChI=1S/C13H20N2O.ClH/c1-2-11-3-5-12(6-4-11)8-10-15-13(16)7-9-14;/h3-6H,2,7-10,14H2,1H3,(H,15,16);1H. The molecule has 17 heavy (non-hydrogen) atoms. The van der Waals surface area contributed by atoms with Crippen LogP contribution in [-0.2, 0) is 17.6 Å². The fraction of sp³-hybridized carbons (Fsp3) is 0.462. The van der Waals surface area contributed by atoms with E-state index in [2.05, 4.69) is 36.5 Å². The van der Waals surface area contributed by atoms with Crippen LogP contribution in [0.4, 0.5) is 0 Å². The normalized spacial score (nSPS) is 9.53. The van der Waals surface area contributed by atoms with E-state index in [9.17, 15) is 4.79 Å². The highest BCUT2D eigenvalue weighted by molar-refractivity contribution is 5.85. The Morgan fingerprint density at radius 1 is 1.24 bits per heavy atom. The average Bonchev–Trinajstić information content (AvgIpc) is 2.30. The van der Waals surface area contributed by atoms with Crippen LogP contribution in [0.2, 0.25) is 0 Å². The average molecular weight is 257 g/mol. The van der Waals surface area contributed by atoms with Crippen molar-refractivity contribution in [2.45, 2.75) is 26.2 Å². The summed E-state index contributed by atoms with van der Waals surface area (Å²) in [4.78, 5) is 11.1. The molecule has 0 aliphatic rings. The summed E-state index contributed by atoms with van der Waals surface area (Å²) in [5.41, 5.74) is 7.88. The Labute approximate surface area is 109 Å². The number of nitrogens with two attached hydrogens (primary N) is 1. The summed E-state index contributed by atoms with van der Waals surface area (Å²) < 4.78 is 0. The van der Waals surface area contributed by atoms with Crippen molar-refractivity contribution in [1.29, 1.82) is 0 Å². The third-order valence-corrected chi connectivity index (χ3v) is 2.54. The van der Waals surface area contributed by atoms with Gasteiger partial charge in [-0.05, 0) is 24.0 Å². The number of benzene rings is 1. The lowest BCUT2D eigenvalue weighted by molar-refractivity contribution is -0.120. The van der Waals surface area contributed by atoms with Gasteiger partial charge in [-0.25, -0.2) is 0 Å². The minimum Gasteiger partial charge on any atom is -0.356 e. The van der Waals surface area contributed by atoms with Crippen LogP contribution in [0.25, 0.3) is 0 Å². The first-order valence-corrected chi connectivity index (χ1v) is 5.81. The molecule has 0 spiro atoms. The first-order valence-electron chi connectivity index (χ1n) is 5.81. The zero-order valence-electron chi connectivity index (χ0n) is 10.2. The Hall–Kier alpha value is -1.06. The SMILES string of the molecule is CCc1ccc(CCNC(=O)CCN)cc1.Cl. The summed E-state index contributed by atoms with van der Waals surface area (Å²) in [5, 5.41) is 2.84. The minimum atomic E-state index is 0. The fourth-order valence-electron chi connectivity index (χ4n) is 1.51. The van der Waals surface area contributed by atoms with E-state index in [1.165, 1.54) is 11.1 Å². The first kappa shape index (κ1) is 15.9. The molecule has 0 radical (unpaired) electrons. The van der Waals surface area contributed by atoms with E-state index in [-0.39, 0.29) is 18.3 Å². The molecule has 0 aromatic heterocycles. The van der Waals surface area contributed by atoms with Gasteiger partial charge in [0.25, 0.3) is 0 Å². The molecular formula is C13H21ClN2O. The number of carbonyl (C=O) groups excluding carboxylic acids is 1. The maximum Gasteiger partial charge on any atom is 0.221 e. The van der Waals surface area contributed by atoms with Crippen molar-refractivity contribution in [3.05, 3.63) is 35.4 Å². The predicted octanol–water partition coefficient (Wildman–Crippen LogP) is 1.68. The molecule has 0 atom stereocenters. The lowest BCUT2D eigenvalue weighted by Gasteiger charge is -2.05. The molecule has 3 N–H and O–H groups in total. The summed E-state index contributed by atoms with van der Waals surface area (Å²) in [6.07, 6.45) is 2.35. The Kier molecular flexibility index (Phi) is 8.46. The van der Waals surface area contributed by atoms with E-state index in [0.717, 1.165) is 12.8 Å². The van der Waals surface area contributed by atoms with Crippen molar-refractivity contribution in [2.75, 3.05) is 13.1 Å². The van der Waals surface area contributed by atoms with E-state index < -0.39 is 0 Å². The molecule has 4 heteroatoms. The van der Waals surface area contributed by atoms with Gasteiger partial charge >= 0.3 is 0 Å². The smallest absolute Gasteiger partial charge is 0.221 e. The van der Waals surface area contributed by atoms with E-state index in [1.54, 1.807) is 0 Å². The molecule has 1 aromatic carbocycles. The number of halogens is 1. The van der Waals surface area contributed by atoms with Crippen molar-refractivity contribution in [2.24, 2.45) is 5.73 Å². The Balaban J connectivity index is 0.00000256. The second kappa shape index (κ2) is 9.02. The van der Waals surface area contributed by atoms with Crippen LogP contribution in [0, 0.1) is 0 Å². The third-order valence-electron chi connectivity index (χ3n) is 2.54. The molecular weight excluding hydrogens is 236 g/mol. The molecule has 0 aliphatic carbocycles. The van der Waals surface area contributed by atoms with Gasteiger partial charge in [0.1, 0.15) is 0 Å². The molecule has 0 bridgehead atoms. The molecule has 0 aliphatic heterocycles. The van der Waals surface area contributed by atoms with E-state index in [4.69, 9.17) is 5.73 Å². The van der Waals surface area contributed by atoms with Gasteiger partial charge in [-0.3, -0.25) is 4.79 Å². The summed E-state index contributed by atoms with van der Waals surface area (Å²) in [6.45, 7) is 3.24. The minimum absolute atomic E-state index is 0. The highest BCUT2D eigenvalue weighted by Crippen LogP contribution is 2.05. The van der Waals surface area contributed by atoms with Crippen LogP contribution in [0.1, 0.15) is 24.5 Å². The first-order chi connectivity index (χ1) is 7.76. The van der Waals surface area contributed by atoms with Gasteiger partial charge in [-0.2, -0.15) is 0 Å². The van der Waals surface area contributed by atoms with Crippen LogP contribution < -0.4 is 11.1 Å². The molecule has 1 rings (SSSR count). The van der Waals surface area contributed by atoms with Gasteiger partial charge in [0.15, 0.2) is 0 Å². The van der Waals surface area contributed by atoms with Crippen LogP contribution >= 0.6 is 12.4 Å². The maximum absolute atomic E-state index is 11.1. The molecule has 1 aromatic rings. The summed E-state index contributed by atoms with van der Waals surface area (Å²) in [6, 6.07) is 8.51. The monoisotopic (exact) mass is 256 g/mol. The second-order valence-electron chi connectivity index (χ2n) is 3.81. The van der Waals surface area contributed by atoms with Crippen LogP contribution in [0.3, 0.4) is 0 Å². The van der Waals surface area contributed by atoms with Crippen LogP contribution in [0.15, 0.2) is 24.3 Å². The number of aryl methyl sites for hydroxylation is 1. The molecule has 1 amide bonds. The largest absolute Gasteiger partial charge is 0.356 e. The molecule has 0 heterocycles. The highest BCUT2D eigenvalue weighted by Gasteiger charge is 1.98. The lowest BCUT2D eigenvalue weighted by Crippen LogP contribution is -2.27. The third kappa shape index (κ3) is 6.29. The van der Waals surface area contributed by atoms with Crippen molar-refractivity contribution in [3.63, 3.8) is 0 Å². The zero-order valence-corrected chi connectivity index (χ0v) is 11.1. The molecule has 96 valence electrons. The number of amides is 1. The molecule has 0 unspecified atom stereocenters. The summed E-state index contributed by atoms with van der Waals surface area (Å²) >= 11 is 0. The van der Waals surface area contributed by atoms with Crippen molar-refractivity contribution >= 4 is 18.3 Å². The summed E-state index contributed by atoms with van der Waals surface area (Å²) in [7, 11) is 0. The maximum atomic E-state index is 11.1. The van der Waals surface area contributed by atoms with Gasteiger partial charge in [0.05, 0.1) is 0 Å². The van der Waals surface area contributed by atoms with E-state index in [0.29, 0.717) is 19.5 Å². The van der Waals surface area contributed by atoms with Crippen LogP contribution in [-0.4, -0.2) is 19.0 Å². The molecule has 0 saturated carbocycles. The quantitative estimate of drug-likeness (QED) is 0.814.